The Labute approximate surface area is 135 Å². The molecule has 0 amide bonds. The van der Waals surface area contributed by atoms with Crippen LogP contribution in [-0.4, -0.2) is 5.78 Å². The second-order valence-corrected chi connectivity index (χ2v) is 5.96. The van der Waals surface area contributed by atoms with Crippen molar-refractivity contribution in [3.05, 3.63) is 95.6 Å². The molecule has 4 aromatic rings. The molecule has 0 saturated heterocycles. The van der Waals surface area contributed by atoms with E-state index in [1.807, 2.05) is 61.5 Å². The zero-order valence-electron chi connectivity index (χ0n) is 12.9. The summed E-state index contributed by atoms with van der Waals surface area (Å²) in [7, 11) is 0. The first-order chi connectivity index (χ1) is 11.2. The lowest BCUT2D eigenvalue weighted by Gasteiger charge is -2.06. The quantitative estimate of drug-likeness (QED) is 0.351. The van der Waals surface area contributed by atoms with Crippen LogP contribution in [0.25, 0.3) is 21.5 Å². The molecule has 0 fully saturated rings. The van der Waals surface area contributed by atoms with E-state index < -0.39 is 0 Å². The van der Waals surface area contributed by atoms with Crippen molar-refractivity contribution in [3.63, 3.8) is 0 Å². The summed E-state index contributed by atoms with van der Waals surface area (Å²) in [4.78, 5) is 12.7. The SMILES string of the molecule is Cc1ccc(C(=O)c2ccc3cc4ccccc4cc3c2)cc1. The molecule has 0 spiro atoms. The van der Waals surface area contributed by atoms with Crippen LogP contribution >= 0.6 is 0 Å². The first-order valence-corrected chi connectivity index (χ1v) is 7.75. The van der Waals surface area contributed by atoms with E-state index in [-0.39, 0.29) is 5.78 Å². The van der Waals surface area contributed by atoms with E-state index in [9.17, 15) is 4.79 Å². The molecule has 0 aliphatic heterocycles. The van der Waals surface area contributed by atoms with Gasteiger partial charge in [-0.1, -0.05) is 66.2 Å². The van der Waals surface area contributed by atoms with E-state index in [0.717, 1.165) is 27.5 Å². The molecule has 0 N–H and O–H groups in total. The van der Waals surface area contributed by atoms with Crippen molar-refractivity contribution < 1.29 is 4.79 Å². The highest BCUT2D eigenvalue weighted by molar-refractivity contribution is 6.11. The van der Waals surface area contributed by atoms with Crippen molar-refractivity contribution in [3.8, 4) is 0 Å². The maximum absolute atomic E-state index is 12.7. The number of ketones is 1. The van der Waals surface area contributed by atoms with Crippen molar-refractivity contribution in [1.82, 2.24) is 0 Å². The number of fused-ring (bicyclic) bond motifs is 2. The maximum Gasteiger partial charge on any atom is 0.193 e. The average Bonchev–Trinajstić information content (AvgIpc) is 2.59. The highest BCUT2D eigenvalue weighted by atomic mass is 16.1. The van der Waals surface area contributed by atoms with Crippen LogP contribution in [0, 0.1) is 6.92 Å². The summed E-state index contributed by atoms with van der Waals surface area (Å²) < 4.78 is 0. The Kier molecular flexibility index (Phi) is 3.20. The highest BCUT2D eigenvalue weighted by Crippen LogP contribution is 2.24. The number of rotatable bonds is 2. The van der Waals surface area contributed by atoms with Gasteiger partial charge in [0.2, 0.25) is 0 Å². The summed E-state index contributed by atoms with van der Waals surface area (Å²) in [6.07, 6.45) is 0. The Morgan fingerprint density at radius 3 is 1.87 bits per heavy atom. The van der Waals surface area contributed by atoms with Gasteiger partial charge in [-0.15, -0.1) is 0 Å². The van der Waals surface area contributed by atoms with Gasteiger partial charge < -0.3 is 0 Å². The van der Waals surface area contributed by atoms with E-state index in [0.29, 0.717) is 0 Å². The molecule has 0 atom stereocenters. The Morgan fingerprint density at radius 1 is 0.609 bits per heavy atom. The second-order valence-electron chi connectivity index (χ2n) is 5.96. The van der Waals surface area contributed by atoms with Gasteiger partial charge in [0.25, 0.3) is 0 Å². The first kappa shape index (κ1) is 13.7. The van der Waals surface area contributed by atoms with Gasteiger partial charge in [0.1, 0.15) is 0 Å². The first-order valence-electron chi connectivity index (χ1n) is 7.75. The third kappa shape index (κ3) is 2.51. The van der Waals surface area contributed by atoms with Gasteiger partial charge >= 0.3 is 0 Å². The van der Waals surface area contributed by atoms with Gasteiger partial charge in [-0.05, 0) is 46.7 Å². The van der Waals surface area contributed by atoms with Crippen LogP contribution in [0.5, 0.6) is 0 Å². The third-order valence-corrected chi connectivity index (χ3v) is 4.28. The minimum absolute atomic E-state index is 0.0695. The van der Waals surface area contributed by atoms with Crippen LogP contribution in [0.2, 0.25) is 0 Å². The smallest absolute Gasteiger partial charge is 0.193 e. The minimum atomic E-state index is 0.0695. The van der Waals surface area contributed by atoms with E-state index in [1.54, 1.807) is 0 Å². The standard InChI is InChI=1S/C22H16O/c1-15-6-8-16(9-7-15)22(23)20-11-10-19-12-17-4-2-3-5-18(17)13-21(19)14-20/h2-14H,1H3. The van der Waals surface area contributed by atoms with Crippen molar-refractivity contribution in [2.45, 2.75) is 6.92 Å². The van der Waals surface area contributed by atoms with Gasteiger partial charge in [0.15, 0.2) is 5.78 Å². The second kappa shape index (κ2) is 5.36. The monoisotopic (exact) mass is 296 g/mol. The van der Waals surface area contributed by atoms with Crippen LogP contribution in [0.4, 0.5) is 0 Å². The zero-order valence-corrected chi connectivity index (χ0v) is 12.9. The molecule has 0 bridgehead atoms. The van der Waals surface area contributed by atoms with E-state index >= 15 is 0 Å². The number of carbonyl (C=O) groups excluding carboxylic acids is 1. The fraction of sp³-hybridized carbons (Fsp3) is 0.0455. The molecule has 4 aromatic carbocycles. The minimum Gasteiger partial charge on any atom is -0.289 e. The molecule has 110 valence electrons. The molecule has 0 saturated carbocycles. The van der Waals surface area contributed by atoms with Crippen molar-refractivity contribution >= 4 is 27.3 Å². The normalized spacial score (nSPS) is 11.0. The van der Waals surface area contributed by atoms with Gasteiger partial charge in [0.05, 0.1) is 0 Å². The summed E-state index contributed by atoms with van der Waals surface area (Å²) in [5.74, 6) is 0.0695. The summed E-state index contributed by atoms with van der Waals surface area (Å²) in [5, 5.41) is 4.67. The molecule has 1 heteroatoms. The van der Waals surface area contributed by atoms with Crippen molar-refractivity contribution in [1.29, 1.82) is 0 Å². The Bertz CT molecular complexity index is 1030. The van der Waals surface area contributed by atoms with Gasteiger partial charge in [-0.2, -0.15) is 0 Å². The largest absolute Gasteiger partial charge is 0.289 e. The number of aryl methyl sites for hydroxylation is 1. The number of carbonyl (C=O) groups is 1. The van der Waals surface area contributed by atoms with Crippen LogP contribution in [0.15, 0.2) is 78.9 Å². The van der Waals surface area contributed by atoms with Crippen LogP contribution in [0.3, 0.4) is 0 Å². The summed E-state index contributed by atoms with van der Waals surface area (Å²) in [5.41, 5.74) is 2.62. The zero-order chi connectivity index (χ0) is 15.8. The van der Waals surface area contributed by atoms with Gasteiger partial charge in [-0.3, -0.25) is 4.79 Å². The molecule has 0 aromatic heterocycles. The molecule has 0 aliphatic rings. The molecule has 0 heterocycles. The van der Waals surface area contributed by atoms with E-state index in [2.05, 4.69) is 24.3 Å². The lowest BCUT2D eigenvalue weighted by atomic mass is 9.97. The lowest BCUT2D eigenvalue weighted by Crippen LogP contribution is -2.01. The maximum atomic E-state index is 12.7. The Morgan fingerprint density at radius 2 is 1.17 bits per heavy atom. The Balaban J connectivity index is 1.83. The predicted octanol–water partition coefficient (Wildman–Crippen LogP) is 5.53. The lowest BCUT2D eigenvalue weighted by molar-refractivity contribution is 0.103. The van der Waals surface area contributed by atoms with E-state index in [1.165, 1.54) is 10.8 Å². The predicted molar refractivity (Wildman–Crippen MR) is 96.1 cm³/mol. The number of benzene rings is 4. The summed E-state index contributed by atoms with van der Waals surface area (Å²) in [6, 6.07) is 26.3. The van der Waals surface area contributed by atoms with Crippen molar-refractivity contribution in [2.24, 2.45) is 0 Å². The molecule has 0 unspecified atom stereocenters. The third-order valence-electron chi connectivity index (χ3n) is 4.28. The molecule has 1 nitrogen and oxygen atoms in total. The molecule has 23 heavy (non-hydrogen) atoms. The van der Waals surface area contributed by atoms with Crippen LogP contribution < -0.4 is 0 Å². The number of hydrogen-bond donors (Lipinski definition) is 0. The van der Waals surface area contributed by atoms with Crippen LogP contribution in [-0.2, 0) is 0 Å². The van der Waals surface area contributed by atoms with E-state index in [4.69, 9.17) is 0 Å². The fourth-order valence-electron chi connectivity index (χ4n) is 2.95. The summed E-state index contributed by atoms with van der Waals surface area (Å²) >= 11 is 0. The molecule has 4 rings (SSSR count). The van der Waals surface area contributed by atoms with Gasteiger partial charge in [0, 0.05) is 11.1 Å². The van der Waals surface area contributed by atoms with Crippen LogP contribution in [0.1, 0.15) is 21.5 Å². The molecule has 0 aliphatic carbocycles. The molecular formula is C22H16O. The highest BCUT2D eigenvalue weighted by Gasteiger charge is 2.09. The van der Waals surface area contributed by atoms with Gasteiger partial charge in [-0.25, -0.2) is 0 Å². The Hall–Kier alpha value is -2.93. The molecule has 0 radical (unpaired) electrons. The molecular weight excluding hydrogens is 280 g/mol. The van der Waals surface area contributed by atoms with Crippen molar-refractivity contribution in [2.75, 3.05) is 0 Å². The number of hydrogen-bond acceptors (Lipinski definition) is 1. The summed E-state index contributed by atoms with van der Waals surface area (Å²) in [6.45, 7) is 2.02. The topological polar surface area (TPSA) is 17.1 Å². The fourth-order valence-corrected chi connectivity index (χ4v) is 2.95. The average molecular weight is 296 g/mol.